The number of hydrogen-bond acceptors (Lipinski definition) is 4. The summed E-state index contributed by atoms with van der Waals surface area (Å²) < 4.78 is 10.9. The van der Waals surface area contributed by atoms with Gasteiger partial charge in [0, 0.05) is 38.0 Å². The quantitative estimate of drug-likeness (QED) is 0.878. The first-order valence-corrected chi connectivity index (χ1v) is 6.98. The van der Waals surface area contributed by atoms with Crippen LogP contribution in [-0.2, 0) is 15.9 Å². The van der Waals surface area contributed by atoms with Crippen molar-refractivity contribution in [3.8, 4) is 0 Å². The fourth-order valence-corrected chi connectivity index (χ4v) is 3.11. The summed E-state index contributed by atoms with van der Waals surface area (Å²) in [6.45, 7) is 1.37. The molecule has 1 atom stereocenters. The van der Waals surface area contributed by atoms with Gasteiger partial charge in [-0.15, -0.1) is 11.3 Å². The molecule has 1 aliphatic rings. The van der Waals surface area contributed by atoms with Crippen molar-refractivity contribution in [3.05, 3.63) is 22.4 Å². The Labute approximate surface area is 106 Å². The molecule has 1 fully saturated rings. The lowest BCUT2D eigenvalue weighted by atomic mass is 9.85. The number of aliphatic hydroxyl groups excluding tert-OH is 1. The standard InChI is InChI=1S/C13H20O3S/c1-15-13(6-8-16-9-7-13)12(14)5-4-11-3-2-10-17-11/h2-3,10,12,14H,4-9H2,1H3. The van der Waals surface area contributed by atoms with E-state index in [-0.39, 0.29) is 0 Å². The average molecular weight is 256 g/mol. The van der Waals surface area contributed by atoms with Gasteiger partial charge in [-0.25, -0.2) is 0 Å². The zero-order valence-corrected chi connectivity index (χ0v) is 11.0. The molecule has 0 aromatic carbocycles. The van der Waals surface area contributed by atoms with Gasteiger partial charge in [0.1, 0.15) is 0 Å². The van der Waals surface area contributed by atoms with Crippen LogP contribution in [0.15, 0.2) is 17.5 Å². The second kappa shape index (κ2) is 5.96. The number of aliphatic hydroxyl groups is 1. The molecule has 1 aliphatic heterocycles. The van der Waals surface area contributed by atoms with Crippen molar-refractivity contribution in [2.45, 2.75) is 37.4 Å². The maximum atomic E-state index is 10.3. The first kappa shape index (κ1) is 13.0. The van der Waals surface area contributed by atoms with Gasteiger partial charge in [0.15, 0.2) is 0 Å². The Morgan fingerprint density at radius 2 is 2.29 bits per heavy atom. The van der Waals surface area contributed by atoms with E-state index in [4.69, 9.17) is 9.47 Å². The molecule has 0 amide bonds. The molecule has 0 aliphatic carbocycles. The van der Waals surface area contributed by atoms with Crippen molar-refractivity contribution in [3.63, 3.8) is 0 Å². The summed E-state index contributed by atoms with van der Waals surface area (Å²) in [4.78, 5) is 1.32. The Kier molecular flexibility index (Phi) is 4.56. The molecule has 2 heterocycles. The van der Waals surface area contributed by atoms with Gasteiger partial charge in [0.25, 0.3) is 0 Å². The summed E-state index contributed by atoms with van der Waals surface area (Å²) in [5, 5.41) is 12.4. The fraction of sp³-hybridized carbons (Fsp3) is 0.692. The molecule has 0 saturated carbocycles. The smallest absolute Gasteiger partial charge is 0.0980 e. The van der Waals surface area contributed by atoms with E-state index in [9.17, 15) is 5.11 Å². The van der Waals surface area contributed by atoms with Gasteiger partial charge in [-0.3, -0.25) is 0 Å². The molecular weight excluding hydrogens is 236 g/mol. The second-order valence-electron chi connectivity index (χ2n) is 4.52. The molecule has 2 rings (SSSR count). The van der Waals surface area contributed by atoms with Crippen LogP contribution in [-0.4, -0.2) is 37.1 Å². The first-order chi connectivity index (χ1) is 8.27. The van der Waals surface area contributed by atoms with Crippen molar-refractivity contribution in [1.82, 2.24) is 0 Å². The third-order valence-electron chi connectivity index (χ3n) is 3.60. The van der Waals surface area contributed by atoms with Gasteiger partial charge in [-0.2, -0.15) is 0 Å². The van der Waals surface area contributed by atoms with Crippen molar-refractivity contribution >= 4 is 11.3 Å². The van der Waals surface area contributed by atoms with Crippen LogP contribution in [0.4, 0.5) is 0 Å². The zero-order chi connectivity index (χ0) is 12.1. The molecule has 3 nitrogen and oxygen atoms in total. The predicted molar refractivity (Wildman–Crippen MR) is 68.4 cm³/mol. The molecule has 0 bridgehead atoms. The minimum atomic E-state index is -0.404. The van der Waals surface area contributed by atoms with E-state index in [1.807, 2.05) is 6.07 Å². The van der Waals surface area contributed by atoms with Crippen molar-refractivity contribution in [2.75, 3.05) is 20.3 Å². The van der Waals surface area contributed by atoms with E-state index in [0.29, 0.717) is 13.2 Å². The number of ether oxygens (including phenoxy) is 2. The highest BCUT2D eigenvalue weighted by molar-refractivity contribution is 7.09. The number of thiophene rings is 1. The summed E-state index contributed by atoms with van der Waals surface area (Å²) in [7, 11) is 1.69. The van der Waals surface area contributed by atoms with E-state index in [0.717, 1.165) is 25.7 Å². The fourth-order valence-electron chi connectivity index (χ4n) is 2.39. The molecule has 96 valence electrons. The Morgan fingerprint density at radius 3 is 2.88 bits per heavy atom. The summed E-state index contributed by atoms with van der Waals surface area (Å²) >= 11 is 1.74. The maximum absolute atomic E-state index is 10.3. The van der Waals surface area contributed by atoms with Gasteiger partial charge in [-0.1, -0.05) is 6.07 Å². The molecule has 1 aromatic rings. The molecule has 1 saturated heterocycles. The zero-order valence-electron chi connectivity index (χ0n) is 10.2. The summed E-state index contributed by atoms with van der Waals surface area (Å²) in [5.74, 6) is 0. The van der Waals surface area contributed by atoms with Crippen LogP contribution in [0.2, 0.25) is 0 Å². The Morgan fingerprint density at radius 1 is 1.53 bits per heavy atom. The Hall–Kier alpha value is -0.420. The van der Waals surface area contributed by atoms with E-state index in [1.54, 1.807) is 18.4 Å². The van der Waals surface area contributed by atoms with Crippen molar-refractivity contribution < 1.29 is 14.6 Å². The molecular formula is C13H20O3S. The summed E-state index contributed by atoms with van der Waals surface area (Å²) in [5.41, 5.74) is -0.393. The third kappa shape index (κ3) is 3.07. The van der Waals surface area contributed by atoms with Crippen LogP contribution in [0.25, 0.3) is 0 Å². The number of hydrogen-bond donors (Lipinski definition) is 1. The number of rotatable bonds is 5. The monoisotopic (exact) mass is 256 g/mol. The molecule has 1 N–H and O–H groups in total. The van der Waals surface area contributed by atoms with E-state index >= 15 is 0 Å². The Balaban J connectivity index is 1.90. The largest absolute Gasteiger partial charge is 0.390 e. The summed E-state index contributed by atoms with van der Waals surface area (Å²) in [6.07, 6.45) is 2.85. The normalized spacial score (nSPS) is 21.3. The van der Waals surface area contributed by atoms with Gasteiger partial charge in [0.05, 0.1) is 11.7 Å². The van der Waals surface area contributed by atoms with E-state index in [2.05, 4.69) is 11.4 Å². The summed E-state index contributed by atoms with van der Waals surface area (Å²) in [6, 6.07) is 4.16. The van der Waals surface area contributed by atoms with Crippen LogP contribution >= 0.6 is 11.3 Å². The van der Waals surface area contributed by atoms with Crippen LogP contribution < -0.4 is 0 Å². The van der Waals surface area contributed by atoms with Crippen LogP contribution in [0, 0.1) is 0 Å². The van der Waals surface area contributed by atoms with Crippen LogP contribution in [0.1, 0.15) is 24.1 Å². The second-order valence-corrected chi connectivity index (χ2v) is 5.55. The average Bonchev–Trinajstić information content (AvgIpc) is 2.90. The van der Waals surface area contributed by atoms with E-state index in [1.165, 1.54) is 4.88 Å². The molecule has 0 radical (unpaired) electrons. The highest BCUT2D eigenvalue weighted by Crippen LogP contribution is 2.30. The highest BCUT2D eigenvalue weighted by atomic mass is 32.1. The van der Waals surface area contributed by atoms with Gasteiger partial charge < -0.3 is 14.6 Å². The van der Waals surface area contributed by atoms with Crippen LogP contribution in [0.5, 0.6) is 0 Å². The SMILES string of the molecule is COC1(C(O)CCc2cccs2)CCOCC1. The lowest BCUT2D eigenvalue weighted by Crippen LogP contribution is -2.48. The van der Waals surface area contributed by atoms with Gasteiger partial charge in [-0.05, 0) is 24.3 Å². The van der Waals surface area contributed by atoms with Crippen LogP contribution in [0.3, 0.4) is 0 Å². The highest BCUT2D eigenvalue weighted by Gasteiger charge is 2.39. The first-order valence-electron chi connectivity index (χ1n) is 6.10. The lowest BCUT2D eigenvalue weighted by molar-refractivity contribution is -0.153. The van der Waals surface area contributed by atoms with E-state index < -0.39 is 11.7 Å². The third-order valence-corrected chi connectivity index (χ3v) is 4.53. The maximum Gasteiger partial charge on any atom is 0.0980 e. The minimum absolute atomic E-state index is 0.393. The molecule has 17 heavy (non-hydrogen) atoms. The van der Waals surface area contributed by atoms with Gasteiger partial charge >= 0.3 is 0 Å². The number of methoxy groups -OCH3 is 1. The Bertz CT molecular complexity index is 317. The van der Waals surface area contributed by atoms with Crippen molar-refractivity contribution in [2.24, 2.45) is 0 Å². The van der Waals surface area contributed by atoms with Crippen molar-refractivity contribution in [1.29, 1.82) is 0 Å². The minimum Gasteiger partial charge on any atom is -0.390 e. The molecule has 4 heteroatoms. The molecule has 1 unspecified atom stereocenters. The molecule has 1 aromatic heterocycles. The predicted octanol–water partition coefficient (Wildman–Crippen LogP) is 2.24. The lowest BCUT2D eigenvalue weighted by Gasteiger charge is -2.39. The van der Waals surface area contributed by atoms with Gasteiger partial charge in [0.2, 0.25) is 0 Å². The number of aryl methyl sites for hydroxylation is 1. The molecule has 0 spiro atoms. The topological polar surface area (TPSA) is 38.7 Å².